The lowest BCUT2D eigenvalue weighted by Gasteiger charge is -2.35. The van der Waals surface area contributed by atoms with Crippen LogP contribution in [0.2, 0.25) is 0 Å². The van der Waals surface area contributed by atoms with Crippen LogP contribution >= 0.6 is 15.9 Å². The first-order chi connectivity index (χ1) is 13.0. The summed E-state index contributed by atoms with van der Waals surface area (Å²) in [7, 11) is 1.72. The maximum Gasteiger partial charge on any atom is 0.314 e. The minimum atomic E-state index is -0.260. The van der Waals surface area contributed by atoms with Gasteiger partial charge in [-0.1, -0.05) is 15.9 Å². The minimum Gasteiger partial charge on any atom is -0.497 e. The molecule has 5 nitrogen and oxygen atoms in total. The average molecular weight is 438 g/mol. The molecule has 2 fully saturated rings. The Morgan fingerprint density at radius 3 is 2.70 bits per heavy atom. The van der Waals surface area contributed by atoms with E-state index >= 15 is 0 Å². The number of hydrogen-bond acceptors (Lipinski definition) is 3. The lowest BCUT2D eigenvalue weighted by atomic mass is 9.89. The number of methoxy groups -OCH3 is 1. The summed E-state index contributed by atoms with van der Waals surface area (Å²) in [6.45, 7) is 5.18. The molecule has 2 aliphatic rings. The first kappa shape index (κ1) is 20.5. The second-order valence-corrected chi connectivity index (χ2v) is 8.88. The van der Waals surface area contributed by atoms with Gasteiger partial charge in [-0.25, -0.2) is 4.79 Å². The summed E-state index contributed by atoms with van der Waals surface area (Å²) in [5.74, 6) is 2.28. The highest BCUT2D eigenvalue weighted by Gasteiger charge is 2.24. The Morgan fingerprint density at radius 1 is 1.22 bits per heavy atom. The number of halogens is 1. The Labute approximate surface area is 171 Å². The lowest BCUT2D eigenvalue weighted by Crippen LogP contribution is -2.44. The van der Waals surface area contributed by atoms with Gasteiger partial charge in [-0.05, 0) is 93.8 Å². The first-order valence-corrected chi connectivity index (χ1v) is 10.9. The van der Waals surface area contributed by atoms with Crippen molar-refractivity contribution in [3.05, 3.63) is 28.2 Å². The molecule has 2 amide bonds. The standard InChI is InChI=1S/C21H32BrN3O2/c1-27-19-4-5-20(22)18(14-19)13-16-6-10-24(11-7-16)12-8-17-3-2-9-25(15-17)21(23)26/h4-5,14,16-17H,2-3,6-13,15H2,1H3,(H2,23,26). The first-order valence-electron chi connectivity index (χ1n) is 10.1. The normalized spacial score (nSPS) is 22.0. The fourth-order valence-electron chi connectivity index (χ4n) is 4.43. The number of benzene rings is 1. The van der Waals surface area contributed by atoms with Crippen molar-refractivity contribution in [2.24, 2.45) is 17.6 Å². The number of carbonyl (C=O) groups is 1. The molecule has 0 saturated carbocycles. The fraction of sp³-hybridized carbons (Fsp3) is 0.667. The number of nitrogens with zero attached hydrogens (tertiary/aromatic N) is 2. The van der Waals surface area contributed by atoms with E-state index in [1.165, 1.54) is 48.8 Å². The summed E-state index contributed by atoms with van der Waals surface area (Å²) in [6.07, 6.45) is 7.11. The smallest absolute Gasteiger partial charge is 0.314 e. The van der Waals surface area contributed by atoms with Gasteiger partial charge in [-0.2, -0.15) is 0 Å². The molecule has 1 aromatic rings. The number of rotatable bonds is 6. The van der Waals surface area contributed by atoms with Gasteiger partial charge in [0, 0.05) is 17.6 Å². The number of nitrogens with two attached hydrogens (primary N) is 1. The molecule has 0 radical (unpaired) electrons. The molecule has 1 aromatic carbocycles. The van der Waals surface area contributed by atoms with Gasteiger partial charge >= 0.3 is 6.03 Å². The van der Waals surface area contributed by atoms with E-state index in [0.29, 0.717) is 5.92 Å². The predicted molar refractivity (Wildman–Crippen MR) is 112 cm³/mol. The average Bonchev–Trinajstić information content (AvgIpc) is 2.69. The summed E-state index contributed by atoms with van der Waals surface area (Å²) in [5.41, 5.74) is 6.79. The number of piperidine rings is 2. The zero-order valence-electron chi connectivity index (χ0n) is 16.3. The van der Waals surface area contributed by atoms with Crippen LogP contribution in [0.25, 0.3) is 0 Å². The van der Waals surface area contributed by atoms with Gasteiger partial charge in [0.25, 0.3) is 0 Å². The van der Waals surface area contributed by atoms with Crippen LogP contribution in [0.5, 0.6) is 5.75 Å². The van der Waals surface area contributed by atoms with E-state index < -0.39 is 0 Å². The van der Waals surface area contributed by atoms with E-state index in [4.69, 9.17) is 10.5 Å². The minimum absolute atomic E-state index is 0.260. The van der Waals surface area contributed by atoms with Crippen molar-refractivity contribution in [1.82, 2.24) is 9.80 Å². The highest BCUT2D eigenvalue weighted by Crippen LogP contribution is 2.29. The van der Waals surface area contributed by atoms with E-state index in [0.717, 1.165) is 44.1 Å². The Bertz CT molecular complexity index is 632. The van der Waals surface area contributed by atoms with Crippen LogP contribution in [0.3, 0.4) is 0 Å². The Hall–Kier alpha value is -1.27. The molecule has 6 heteroatoms. The molecule has 2 aliphatic heterocycles. The van der Waals surface area contributed by atoms with Gasteiger partial charge in [-0.3, -0.25) is 0 Å². The van der Waals surface area contributed by atoms with Crippen LogP contribution in [0, 0.1) is 11.8 Å². The van der Waals surface area contributed by atoms with Crippen LogP contribution in [0.4, 0.5) is 4.79 Å². The molecule has 3 rings (SSSR count). The third-order valence-corrected chi connectivity index (χ3v) is 6.93. The molecule has 27 heavy (non-hydrogen) atoms. The number of likely N-dealkylation sites (tertiary alicyclic amines) is 2. The van der Waals surface area contributed by atoms with E-state index in [-0.39, 0.29) is 6.03 Å². The molecular weight excluding hydrogens is 406 g/mol. The summed E-state index contributed by atoms with van der Waals surface area (Å²) < 4.78 is 6.55. The number of primary amides is 1. The number of ether oxygens (including phenoxy) is 1. The third kappa shape index (κ3) is 5.85. The van der Waals surface area contributed by atoms with Crippen LogP contribution in [-0.4, -0.2) is 55.7 Å². The molecule has 0 bridgehead atoms. The van der Waals surface area contributed by atoms with Gasteiger partial charge in [0.05, 0.1) is 7.11 Å². The van der Waals surface area contributed by atoms with Crippen molar-refractivity contribution in [2.75, 3.05) is 39.8 Å². The van der Waals surface area contributed by atoms with Crippen LogP contribution in [0.15, 0.2) is 22.7 Å². The highest BCUT2D eigenvalue weighted by atomic mass is 79.9. The number of hydrogen-bond donors (Lipinski definition) is 1. The zero-order chi connectivity index (χ0) is 19.2. The van der Waals surface area contributed by atoms with Crippen molar-refractivity contribution in [3.8, 4) is 5.75 Å². The summed E-state index contributed by atoms with van der Waals surface area (Å²) in [6, 6.07) is 5.98. The van der Waals surface area contributed by atoms with E-state index in [1.807, 2.05) is 11.0 Å². The second kappa shape index (κ2) is 9.78. The summed E-state index contributed by atoms with van der Waals surface area (Å²) in [4.78, 5) is 15.8. The SMILES string of the molecule is COc1ccc(Br)c(CC2CCN(CCC3CCCN(C(N)=O)C3)CC2)c1. The quantitative estimate of drug-likeness (QED) is 0.733. The predicted octanol–water partition coefficient (Wildman–Crippen LogP) is 3.89. The number of amides is 2. The molecule has 0 spiro atoms. The number of urea groups is 1. The van der Waals surface area contributed by atoms with Crippen molar-refractivity contribution in [2.45, 2.75) is 38.5 Å². The fourth-order valence-corrected chi connectivity index (χ4v) is 4.83. The van der Waals surface area contributed by atoms with Gasteiger partial charge in [0.1, 0.15) is 5.75 Å². The monoisotopic (exact) mass is 437 g/mol. The lowest BCUT2D eigenvalue weighted by molar-refractivity contribution is 0.144. The molecule has 2 N–H and O–H groups in total. The summed E-state index contributed by atoms with van der Waals surface area (Å²) >= 11 is 3.68. The molecule has 0 aliphatic carbocycles. The van der Waals surface area contributed by atoms with Gasteiger partial charge in [0.2, 0.25) is 0 Å². The molecule has 2 saturated heterocycles. The topological polar surface area (TPSA) is 58.8 Å². The molecular formula is C21H32BrN3O2. The van der Waals surface area contributed by atoms with Crippen LogP contribution in [-0.2, 0) is 6.42 Å². The Balaban J connectivity index is 1.41. The van der Waals surface area contributed by atoms with Crippen molar-refractivity contribution in [1.29, 1.82) is 0 Å². The maximum absolute atomic E-state index is 11.4. The van der Waals surface area contributed by atoms with E-state index in [2.05, 4.69) is 33.0 Å². The van der Waals surface area contributed by atoms with Gasteiger partial charge < -0.3 is 20.3 Å². The maximum atomic E-state index is 11.4. The Morgan fingerprint density at radius 2 is 2.00 bits per heavy atom. The van der Waals surface area contributed by atoms with Crippen molar-refractivity contribution >= 4 is 22.0 Å². The van der Waals surface area contributed by atoms with Crippen molar-refractivity contribution in [3.63, 3.8) is 0 Å². The summed E-state index contributed by atoms with van der Waals surface area (Å²) in [5, 5.41) is 0. The van der Waals surface area contributed by atoms with Crippen LogP contribution in [0.1, 0.15) is 37.7 Å². The van der Waals surface area contributed by atoms with Crippen LogP contribution < -0.4 is 10.5 Å². The van der Waals surface area contributed by atoms with Gasteiger partial charge in [0.15, 0.2) is 0 Å². The zero-order valence-corrected chi connectivity index (χ0v) is 17.9. The molecule has 1 unspecified atom stereocenters. The third-order valence-electron chi connectivity index (χ3n) is 6.15. The van der Waals surface area contributed by atoms with E-state index in [1.54, 1.807) is 7.11 Å². The molecule has 0 aromatic heterocycles. The number of carbonyl (C=O) groups excluding carboxylic acids is 1. The van der Waals surface area contributed by atoms with E-state index in [9.17, 15) is 4.79 Å². The van der Waals surface area contributed by atoms with Gasteiger partial charge in [-0.15, -0.1) is 0 Å². The Kier molecular flexibility index (Phi) is 7.41. The molecule has 1 atom stereocenters. The highest BCUT2D eigenvalue weighted by molar-refractivity contribution is 9.10. The second-order valence-electron chi connectivity index (χ2n) is 8.03. The van der Waals surface area contributed by atoms with Crippen molar-refractivity contribution < 1.29 is 9.53 Å². The molecule has 2 heterocycles. The largest absolute Gasteiger partial charge is 0.497 e. The molecule has 150 valence electrons.